The van der Waals surface area contributed by atoms with Crippen LogP contribution >= 0.6 is 0 Å². The van der Waals surface area contributed by atoms with Crippen LogP contribution in [-0.4, -0.2) is 49.9 Å². The van der Waals surface area contributed by atoms with Gasteiger partial charge in [0, 0.05) is 24.9 Å². The van der Waals surface area contributed by atoms with E-state index in [1.54, 1.807) is 15.9 Å². The molecule has 2 unspecified atom stereocenters. The van der Waals surface area contributed by atoms with Crippen LogP contribution in [0.25, 0.3) is 0 Å². The summed E-state index contributed by atoms with van der Waals surface area (Å²) in [5.74, 6) is 0.946. The molecule has 1 aromatic heterocycles. The summed E-state index contributed by atoms with van der Waals surface area (Å²) in [6.45, 7) is 7.12. The average molecular weight is 251 g/mol. The van der Waals surface area contributed by atoms with Crippen molar-refractivity contribution >= 4 is 6.09 Å². The maximum absolute atomic E-state index is 11.9. The number of aromatic nitrogens is 4. The molecule has 0 N–H and O–H groups in total. The highest BCUT2D eigenvalue weighted by Gasteiger charge is 2.59. The zero-order chi connectivity index (χ0) is 12.9. The van der Waals surface area contributed by atoms with E-state index >= 15 is 0 Å². The normalized spacial score (nSPS) is 30.2. The number of carbonyl (C=O) groups is 1. The van der Waals surface area contributed by atoms with Crippen molar-refractivity contribution in [2.75, 3.05) is 13.1 Å². The van der Waals surface area contributed by atoms with Gasteiger partial charge in [0.25, 0.3) is 0 Å². The van der Waals surface area contributed by atoms with Crippen LogP contribution in [0, 0.1) is 11.8 Å². The first kappa shape index (κ1) is 11.4. The monoisotopic (exact) mass is 251 g/mol. The van der Waals surface area contributed by atoms with E-state index in [1.165, 1.54) is 0 Å². The second-order valence-electron chi connectivity index (χ2n) is 5.99. The van der Waals surface area contributed by atoms with Crippen molar-refractivity contribution < 1.29 is 9.53 Å². The fourth-order valence-electron chi connectivity index (χ4n) is 2.67. The summed E-state index contributed by atoms with van der Waals surface area (Å²) >= 11 is 0. The summed E-state index contributed by atoms with van der Waals surface area (Å²) in [4.78, 5) is 13.7. The number of tetrazole rings is 1. The van der Waals surface area contributed by atoms with E-state index in [1.807, 2.05) is 20.8 Å². The van der Waals surface area contributed by atoms with Gasteiger partial charge < -0.3 is 9.64 Å². The lowest BCUT2D eigenvalue weighted by atomic mass is 10.2. The third-order valence-electron chi connectivity index (χ3n) is 3.47. The summed E-state index contributed by atoms with van der Waals surface area (Å²) in [6.07, 6.45) is 1.42. The SMILES string of the molecule is CC(C)(C)OC(=O)N1CC2C(n3cnnn3)[C@H]2C1. The maximum atomic E-state index is 11.9. The maximum Gasteiger partial charge on any atom is 0.410 e. The molecule has 2 heterocycles. The van der Waals surface area contributed by atoms with Crippen LogP contribution in [0.2, 0.25) is 0 Å². The number of carbonyl (C=O) groups excluding carboxylic acids is 1. The Hall–Kier alpha value is -1.66. The fourth-order valence-corrected chi connectivity index (χ4v) is 2.67. The molecule has 1 amide bonds. The quantitative estimate of drug-likeness (QED) is 0.735. The number of fused-ring (bicyclic) bond motifs is 1. The number of ether oxygens (including phenoxy) is 1. The van der Waals surface area contributed by atoms with Crippen molar-refractivity contribution in [2.45, 2.75) is 32.4 Å². The number of likely N-dealkylation sites (tertiary alicyclic amines) is 1. The van der Waals surface area contributed by atoms with Crippen molar-refractivity contribution in [3.8, 4) is 0 Å². The summed E-state index contributed by atoms with van der Waals surface area (Å²) in [5.41, 5.74) is -0.431. The summed E-state index contributed by atoms with van der Waals surface area (Å²) in [5, 5.41) is 11.2. The minimum atomic E-state index is -0.431. The minimum Gasteiger partial charge on any atom is -0.444 e. The van der Waals surface area contributed by atoms with Gasteiger partial charge in [-0.25, -0.2) is 9.48 Å². The zero-order valence-electron chi connectivity index (χ0n) is 10.8. The van der Waals surface area contributed by atoms with E-state index in [0.29, 0.717) is 17.9 Å². The third kappa shape index (κ3) is 1.93. The Morgan fingerprint density at radius 3 is 2.50 bits per heavy atom. The Labute approximate surface area is 105 Å². The van der Waals surface area contributed by atoms with Crippen molar-refractivity contribution in [1.82, 2.24) is 25.1 Å². The van der Waals surface area contributed by atoms with Gasteiger partial charge in [0.1, 0.15) is 11.9 Å². The van der Waals surface area contributed by atoms with Crippen LogP contribution in [0.15, 0.2) is 6.33 Å². The first-order chi connectivity index (χ1) is 8.46. The predicted octanol–water partition coefficient (Wildman–Crippen LogP) is 0.711. The van der Waals surface area contributed by atoms with E-state index in [4.69, 9.17) is 4.74 Å². The lowest BCUT2D eigenvalue weighted by Gasteiger charge is -2.25. The average Bonchev–Trinajstić information content (AvgIpc) is 2.76. The number of amides is 1. The van der Waals surface area contributed by atoms with E-state index < -0.39 is 5.60 Å². The molecule has 0 aromatic carbocycles. The van der Waals surface area contributed by atoms with Gasteiger partial charge in [-0.3, -0.25) is 0 Å². The Balaban J connectivity index is 1.56. The van der Waals surface area contributed by atoms with Crippen molar-refractivity contribution in [2.24, 2.45) is 11.8 Å². The largest absolute Gasteiger partial charge is 0.444 e. The molecule has 1 aliphatic carbocycles. The van der Waals surface area contributed by atoms with Crippen molar-refractivity contribution in [3.63, 3.8) is 0 Å². The first-order valence-electron chi connectivity index (χ1n) is 6.16. The van der Waals surface area contributed by atoms with Crippen LogP contribution < -0.4 is 0 Å². The van der Waals surface area contributed by atoms with Gasteiger partial charge in [-0.1, -0.05) is 0 Å². The van der Waals surface area contributed by atoms with Gasteiger partial charge in [-0.2, -0.15) is 0 Å². The highest BCUT2D eigenvalue weighted by molar-refractivity contribution is 5.69. The Morgan fingerprint density at radius 1 is 1.33 bits per heavy atom. The molecule has 1 aromatic rings. The molecule has 2 fully saturated rings. The first-order valence-corrected chi connectivity index (χ1v) is 6.16. The summed E-state index contributed by atoms with van der Waals surface area (Å²) < 4.78 is 7.15. The topological polar surface area (TPSA) is 73.1 Å². The lowest BCUT2D eigenvalue weighted by molar-refractivity contribution is 0.0265. The highest BCUT2D eigenvalue weighted by Crippen LogP contribution is 2.54. The summed E-state index contributed by atoms with van der Waals surface area (Å²) in [7, 11) is 0. The molecule has 7 nitrogen and oxygen atoms in total. The third-order valence-corrected chi connectivity index (χ3v) is 3.47. The Morgan fingerprint density at radius 2 is 2.00 bits per heavy atom. The molecule has 18 heavy (non-hydrogen) atoms. The molecule has 3 atom stereocenters. The number of rotatable bonds is 1. The molecule has 0 spiro atoms. The number of hydrogen-bond acceptors (Lipinski definition) is 5. The molecule has 1 saturated heterocycles. The van der Waals surface area contributed by atoms with Gasteiger partial charge in [-0.05, 0) is 31.2 Å². The van der Waals surface area contributed by atoms with Crippen LogP contribution in [-0.2, 0) is 4.74 Å². The van der Waals surface area contributed by atoms with Gasteiger partial charge in [0.15, 0.2) is 0 Å². The summed E-state index contributed by atoms with van der Waals surface area (Å²) in [6, 6.07) is 0.360. The lowest BCUT2D eigenvalue weighted by Crippen LogP contribution is -2.37. The predicted molar refractivity (Wildman–Crippen MR) is 61.6 cm³/mol. The number of hydrogen-bond donors (Lipinski definition) is 0. The van der Waals surface area contributed by atoms with E-state index in [2.05, 4.69) is 15.5 Å². The van der Waals surface area contributed by atoms with E-state index in [-0.39, 0.29) is 6.09 Å². The molecule has 7 heteroatoms. The fraction of sp³-hybridized carbons (Fsp3) is 0.818. The van der Waals surface area contributed by atoms with Crippen LogP contribution in [0.1, 0.15) is 26.8 Å². The molecule has 0 bridgehead atoms. The van der Waals surface area contributed by atoms with E-state index in [0.717, 1.165) is 13.1 Å². The van der Waals surface area contributed by atoms with Gasteiger partial charge in [-0.15, -0.1) is 5.10 Å². The standard InChI is InChI=1S/C11H17N5O2/c1-11(2,3)18-10(17)15-4-7-8(5-15)9(7)16-6-12-13-14-16/h6-9H,4-5H2,1-3H3/t7-,8?,9?/m0/s1. The molecule has 2 aliphatic rings. The van der Waals surface area contributed by atoms with Crippen LogP contribution in [0.4, 0.5) is 4.79 Å². The molecule has 3 rings (SSSR count). The van der Waals surface area contributed by atoms with Crippen molar-refractivity contribution in [1.29, 1.82) is 0 Å². The smallest absolute Gasteiger partial charge is 0.410 e. The highest BCUT2D eigenvalue weighted by atomic mass is 16.6. The molecular weight excluding hydrogens is 234 g/mol. The number of nitrogens with zero attached hydrogens (tertiary/aromatic N) is 5. The Bertz CT molecular complexity index is 440. The van der Waals surface area contributed by atoms with Gasteiger partial charge in [0.05, 0.1) is 6.04 Å². The molecule has 1 saturated carbocycles. The van der Waals surface area contributed by atoms with Gasteiger partial charge in [0.2, 0.25) is 0 Å². The molecule has 1 aliphatic heterocycles. The Kier molecular flexibility index (Phi) is 2.33. The van der Waals surface area contributed by atoms with Crippen molar-refractivity contribution in [3.05, 3.63) is 6.33 Å². The second-order valence-corrected chi connectivity index (χ2v) is 5.99. The second kappa shape index (κ2) is 3.66. The molecule has 98 valence electrons. The molecule has 0 radical (unpaired) electrons. The van der Waals surface area contributed by atoms with Gasteiger partial charge >= 0.3 is 6.09 Å². The van der Waals surface area contributed by atoms with Crippen LogP contribution in [0.5, 0.6) is 0 Å². The van der Waals surface area contributed by atoms with Crippen LogP contribution in [0.3, 0.4) is 0 Å². The number of piperidine rings is 1. The minimum absolute atomic E-state index is 0.217. The molecular formula is C11H17N5O2. The van der Waals surface area contributed by atoms with E-state index in [9.17, 15) is 4.79 Å². The zero-order valence-corrected chi connectivity index (χ0v) is 10.8.